The lowest BCUT2D eigenvalue weighted by molar-refractivity contribution is -0.0846. The Morgan fingerprint density at radius 3 is 2.68 bits per heavy atom. The second kappa shape index (κ2) is 4.88. The van der Waals surface area contributed by atoms with Crippen molar-refractivity contribution in [1.82, 2.24) is 4.90 Å². The number of ketones is 1. The molecule has 1 amide bonds. The highest BCUT2D eigenvalue weighted by molar-refractivity contribution is 6.31. The molecule has 0 aliphatic carbocycles. The molecule has 0 bridgehead atoms. The summed E-state index contributed by atoms with van der Waals surface area (Å²) in [7, 11) is 0. The van der Waals surface area contributed by atoms with Gasteiger partial charge in [0.15, 0.2) is 11.4 Å². The summed E-state index contributed by atoms with van der Waals surface area (Å²) in [5.74, 6) is 0.525. The van der Waals surface area contributed by atoms with Gasteiger partial charge in [-0.3, -0.25) is 9.69 Å². The molecule has 1 saturated heterocycles. The molecule has 2 heterocycles. The number of amides is 1. The lowest BCUT2D eigenvalue weighted by Crippen LogP contribution is -2.68. The highest BCUT2D eigenvalue weighted by atomic mass is 35.5. The van der Waals surface area contributed by atoms with Crippen LogP contribution in [0.4, 0.5) is 4.79 Å². The van der Waals surface area contributed by atoms with Crippen molar-refractivity contribution in [1.29, 1.82) is 0 Å². The molecular weight excluding hydrogens is 306 g/mol. The number of benzene rings is 1. The molecule has 0 saturated carbocycles. The highest BCUT2D eigenvalue weighted by Gasteiger charge is 2.52. The zero-order valence-electron chi connectivity index (χ0n) is 12.8. The smallest absolute Gasteiger partial charge is 0.410 e. The number of hydrogen-bond acceptors (Lipinski definition) is 4. The summed E-state index contributed by atoms with van der Waals surface area (Å²) >= 11 is 5.91. The van der Waals surface area contributed by atoms with E-state index >= 15 is 0 Å². The quantitative estimate of drug-likeness (QED) is 0.735. The number of fused-ring (bicyclic) bond motifs is 1. The topological polar surface area (TPSA) is 55.8 Å². The minimum atomic E-state index is -0.630. The maximum absolute atomic E-state index is 12.3. The summed E-state index contributed by atoms with van der Waals surface area (Å²) < 4.78 is 11.3. The molecule has 0 aromatic heterocycles. The van der Waals surface area contributed by atoms with Gasteiger partial charge in [0.2, 0.25) is 0 Å². The molecule has 1 fully saturated rings. The van der Waals surface area contributed by atoms with Crippen LogP contribution in [0, 0.1) is 0 Å². The van der Waals surface area contributed by atoms with E-state index in [1.807, 2.05) is 20.8 Å². The fraction of sp³-hybridized carbons (Fsp3) is 0.500. The predicted octanol–water partition coefficient (Wildman–Crippen LogP) is 3.29. The Bertz CT molecular complexity index is 644. The van der Waals surface area contributed by atoms with Crippen LogP contribution in [0.1, 0.15) is 37.6 Å². The largest absolute Gasteiger partial charge is 0.482 e. The van der Waals surface area contributed by atoms with Gasteiger partial charge in [-0.1, -0.05) is 11.6 Å². The molecule has 1 aromatic rings. The molecule has 0 unspecified atom stereocenters. The molecule has 3 rings (SSSR count). The van der Waals surface area contributed by atoms with Crippen LogP contribution in [0.25, 0.3) is 0 Å². The van der Waals surface area contributed by atoms with Crippen molar-refractivity contribution in [2.75, 3.05) is 13.1 Å². The van der Waals surface area contributed by atoms with Gasteiger partial charge in [-0.15, -0.1) is 0 Å². The fourth-order valence-corrected chi connectivity index (χ4v) is 2.92. The van der Waals surface area contributed by atoms with Crippen LogP contribution in [-0.4, -0.2) is 41.1 Å². The number of ether oxygens (including phenoxy) is 2. The van der Waals surface area contributed by atoms with Crippen molar-refractivity contribution in [3.05, 3.63) is 28.8 Å². The first-order valence-electron chi connectivity index (χ1n) is 7.17. The Balaban J connectivity index is 1.70. The molecular formula is C16H18ClNO4. The van der Waals surface area contributed by atoms with Gasteiger partial charge in [-0.25, -0.2) is 4.79 Å². The molecule has 118 valence electrons. The molecule has 2 aliphatic rings. The molecule has 0 atom stereocenters. The van der Waals surface area contributed by atoms with Crippen molar-refractivity contribution in [3.8, 4) is 5.75 Å². The van der Waals surface area contributed by atoms with Gasteiger partial charge >= 0.3 is 6.09 Å². The van der Waals surface area contributed by atoms with Crippen LogP contribution >= 0.6 is 11.6 Å². The number of carbonyl (C=O) groups excluding carboxylic acids is 2. The fourth-order valence-electron chi connectivity index (χ4n) is 2.75. The van der Waals surface area contributed by atoms with Gasteiger partial charge < -0.3 is 9.47 Å². The maximum atomic E-state index is 12.3. The number of rotatable bonds is 0. The van der Waals surface area contributed by atoms with Crippen LogP contribution in [-0.2, 0) is 4.74 Å². The van der Waals surface area contributed by atoms with E-state index in [4.69, 9.17) is 21.1 Å². The van der Waals surface area contributed by atoms with Gasteiger partial charge in [0.1, 0.15) is 11.4 Å². The van der Waals surface area contributed by atoms with Gasteiger partial charge in [0.05, 0.1) is 25.1 Å². The Morgan fingerprint density at radius 2 is 2.05 bits per heavy atom. The van der Waals surface area contributed by atoms with Crippen molar-refractivity contribution in [3.63, 3.8) is 0 Å². The highest BCUT2D eigenvalue weighted by Crippen LogP contribution is 2.40. The normalized spacial score (nSPS) is 19.3. The van der Waals surface area contributed by atoms with E-state index in [9.17, 15) is 9.59 Å². The van der Waals surface area contributed by atoms with Crippen molar-refractivity contribution >= 4 is 23.5 Å². The number of Topliss-reactive ketones (excluding diaryl/α,β-unsaturated/α-hetero) is 1. The second-order valence-corrected chi connectivity index (χ2v) is 7.30. The van der Waals surface area contributed by atoms with Crippen LogP contribution < -0.4 is 4.74 Å². The third kappa shape index (κ3) is 2.77. The predicted molar refractivity (Wildman–Crippen MR) is 81.6 cm³/mol. The average Bonchev–Trinajstić information content (AvgIpc) is 2.34. The molecule has 0 N–H and O–H groups in total. The number of carbonyl (C=O) groups is 2. The number of likely N-dealkylation sites (tertiary alicyclic amines) is 1. The monoisotopic (exact) mass is 323 g/mol. The van der Waals surface area contributed by atoms with Gasteiger partial charge in [0.25, 0.3) is 0 Å². The van der Waals surface area contributed by atoms with Crippen LogP contribution in [0.5, 0.6) is 5.75 Å². The first-order chi connectivity index (χ1) is 10.2. The minimum absolute atomic E-state index is 0.00686. The van der Waals surface area contributed by atoms with Gasteiger partial charge in [0, 0.05) is 5.02 Å². The zero-order chi connectivity index (χ0) is 16.1. The third-order valence-corrected chi connectivity index (χ3v) is 3.90. The first kappa shape index (κ1) is 15.2. The third-order valence-electron chi connectivity index (χ3n) is 3.66. The van der Waals surface area contributed by atoms with Crippen molar-refractivity contribution < 1.29 is 19.1 Å². The summed E-state index contributed by atoms with van der Waals surface area (Å²) in [5.41, 5.74) is -0.657. The summed E-state index contributed by atoms with van der Waals surface area (Å²) in [4.78, 5) is 25.8. The van der Waals surface area contributed by atoms with Crippen LogP contribution in [0.2, 0.25) is 5.02 Å². The van der Waals surface area contributed by atoms with E-state index in [1.54, 1.807) is 23.1 Å². The Hall–Kier alpha value is -1.75. The van der Waals surface area contributed by atoms with E-state index in [2.05, 4.69) is 0 Å². The Labute approximate surface area is 134 Å². The van der Waals surface area contributed by atoms with Gasteiger partial charge in [-0.2, -0.15) is 0 Å². The van der Waals surface area contributed by atoms with Crippen LogP contribution in [0.15, 0.2) is 18.2 Å². The van der Waals surface area contributed by atoms with E-state index in [-0.39, 0.29) is 18.3 Å². The molecule has 1 aromatic carbocycles. The molecule has 6 heteroatoms. The van der Waals surface area contributed by atoms with Crippen LogP contribution in [0.3, 0.4) is 0 Å². The summed E-state index contributed by atoms with van der Waals surface area (Å²) in [5, 5.41) is 0.510. The molecule has 2 aliphatic heterocycles. The standard InChI is InChI=1S/C16H18ClNO4/c1-15(2,3)22-14(20)18-8-16(9-18)7-12(19)11-6-10(17)4-5-13(11)21-16/h4-6H,7-9H2,1-3H3. The molecule has 0 radical (unpaired) electrons. The lowest BCUT2D eigenvalue weighted by Gasteiger charge is -2.50. The minimum Gasteiger partial charge on any atom is -0.482 e. The number of nitrogens with zero attached hydrogens (tertiary/aromatic N) is 1. The zero-order valence-corrected chi connectivity index (χ0v) is 13.6. The van der Waals surface area contributed by atoms with Gasteiger partial charge in [-0.05, 0) is 39.0 Å². The van der Waals surface area contributed by atoms with E-state index in [0.29, 0.717) is 29.4 Å². The first-order valence-corrected chi connectivity index (χ1v) is 7.55. The van der Waals surface area contributed by atoms with Crippen molar-refractivity contribution in [2.45, 2.75) is 38.4 Å². The summed E-state index contributed by atoms with van der Waals surface area (Å²) in [6, 6.07) is 5.01. The van der Waals surface area contributed by atoms with E-state index in [1.165, 1.54) is 0 Å². The Kier molecular flexibility index (Phi) is 3.36. The average molecular weight is 324 g/mol. The summed E-state index contributed by atoms with van der Waals surface area (Å²) in [6.45, 7) is 6.18. The molecule has 5 nitrogen and oxygen atoms in total. The molecule has 1 spiro atoms. The van der Waals surface area contributed by atoms with Crippen molar-refractivity contribution in [2.24, 2.45) is 0 Å². The number of halogens is 1. The molecule has 22 heavy (non-hydrogen) atoms. The Morgan fingerprint density at radius 1 is 1.36 bits per heavy atom. The van der Waals surface area contributed by atoms with E-state index in [0.717, 1.165) is 0 Å². The lowest BCUT2D eigenvalue weighted by atomic mass is 9.84. The summed E-state index contributed by atoms with van der Waals surface area (Å²) in [6.07, 6.45) is -0.129. The number of hydrogen-bond donors (Lipinski definition) is 0. The SMILES string of the molecule is CC(C)(C)OC(=O)N1CC2(CC(=O)c3cc(Cl)ccc3O2)C1. The maximum Gasteiger partial charge on any atom is 0.410 e. The van der Waals surface area contributed by atoms with E-state index < -0.39 is 11.2 Å². The second-order valence-electron chi connectivity index (χ2n) is 6.86.